The second-order valence-electron chi connectivity index (χ2n) is 7.20. The molecule has 2 aliphatic heterocycles. The minimum atomic E-state index is -0.371. The Morgan fingerprint density at radius 3 is 2.71 bits per heavy atom. The van der Waals surface area contributed by atoms with Crippen LogP contribution in [0.1, 0.15) is 27.0 Å². The standard InChI is InChI=1S/C21H20N2O4S/c24-19-14-4-1-2-5-15(14)27-20-17(19)18(16-6-3-13-28-16)23(21(20)25)8-7-22-9-11-26-12-10-22/h1-6,13,18H,7-12H2/p+1/t18-/m0/s1. The maximum absolute atomic E-state index is 13.3. The molecule has 0 spiro atoms. The third kappa shape index (κ3) is 2.87. The van der Waals surface area contributed by atoms with Crippen molar-refractivity contribution in [3.63, 3.8) is 0 Å². The Balaban J connectivity index is 1.57. The summed E-state index contributed by atoms with van der Waals surface area (Å²) in [5.74, 6) is 0.00277. The van der Waals surface area contributed by atoms with Crippen LogP contribution in [-0.4, -0.2) is 50.2 Å². The van der Waals surface area contributed by atoms with Crippen molar-refractivity contribution in [1.29, 1.82) is 0 Å². The van der Waals surface area contributed by atoms with Crippen molar-refractivity contribution in [2.45, 2.75) is 6.04 Å². The second kappa shape index (κ2) is 7.16. The minimum Gasteiger partial charge on any atom is -0.450 e. The number of nitrogens with one attached hydrogen (secondary N) is 1. The number of amides is 1. The van der Waals surface area contributed by atoms with Gasteiger partial charge in [0.05, 0.1) is 43.3 Å². The first kappa shape index (κ1) is 17.6. The van der Waals surface area contributed by atoms with Gasteiger partial charge in [0, 0.05) is 4.88 Å². The van der Waals surface area contributed by atoms with Gasteiger partial charge in [-0.15, -0.1) is 11.3 Å². The smallest absolute Gasteiger partial charge is 0.291 e. The van der Waals surface area contributed by atoms with Crippen LogP contribution in [-0.2, 0) is 4.74 Å². The Bertz CT molecular complexity index is 1070. The van der Waals surface area contributed by atoms with Gasteiger partial charge in [0.15, 0.2) is 5.43 Å². The van der Waals surface area contributed by atoms with Gasteiger partial charge in [-0.3, -0.25) is 9.59 Å². The first-order chi connectivity index (χ1) is 13.7. The monoisotopic (exact) mass is 397 g/mol. The van der Waals surface area contributed by atoms with E-state index in [1.165, 1.54) is 4.90 Å². The molecule has 3 aromatic rings. The molecule has 7 heteroatoms. The predicted octanol–water partition coefficient (Wildman–Crippen LogP) is 1.31. The first-order valence-corrected chi connectivity index (χ1v) is 10.4. The van der Waals surface area contributed by atoms with Gasteiger partial charge in [0.2, 0.25) is 5.76 Å². The van der Waals surface area contributed by atoms with E-state index >= 15 is 0 Å². The summed E-state index contributed by atoms with van der Waals surface area (Å²) in [7, 11) is 0. The number of fused-ring (bicyclic) bond motifs is 2. The number of thiophene rings is 1. The largest absolute Gasteiger partial charge is 0.450 e. The van der Waals surface area contributed by atoms with Crippen LogP contribution in [0.2, 0.25) is 0 Å². The fraction of sp³-hybridized carbons (Fsp3) is 0.333. The molecule has 4 heterocycles. The molecule has 0 bridgehead atoms. The van der Waals surface area contributed by atoms with E-state index in [1.807, 2.05) is 34.5 Å². The lowest BCUT2D eigenvalue weighted by Crippen LogP contribution is -3.14. The van der Waals surface area contributed by atoms with Crippen molar-refractivity contribution in [3.8, 4) is 0 Å². The zero-order valence-corrected chi connectivity index (χ0v) is 16.2. The van der Waals surface area contributed by atoms with Gasteiger partial charge in [-0.25, -0.2) is 0 Å². The third-order valence-corrected chi connectivity index (χ3v) is 6.52. The molecule has 144 valence electrons. The topological polar surface area (TPSA) is 64.2 Å². The van der Waals surface area contributed by atoms with Gasteiger partial charge in [-0.1, -0.05) is 18.2 Å². The number of rotatable bonds is 4. The molecule has 1 saturated heterocycles. The Morgan fingerprint density at radius 2 is 1.93 bits per heavy atom. The number of quaternary nitrogens is 1. The minimum absolute atomic E-state index is 0.107. The van der Waals surface area contributed by atoms with E-state index in [0.29, 0.717) is 23.1 Å². The molecule has 5 rings (SSSR count). The summed E-state index contributed by atoms with van der Waals surface area (Å²) in [6.45, 7) is 4.81. The molecule has 0 radical (unpaired) electrons. The number of carbonyl (C=O) groups excluding carboxylic acids is 1. The van der Waals surface area contributed by atoms with Gasteiger partial charge in [0.25, 0.3) is 5.91 Å². The number of ether oxygens (including phenoxy) is 1. The zero-order chi connectivity index (χ0) is 19.1. The molecular weight excluding hydrogens is 376 g/mol. The van der Waals surface area contributed by atoms with Crippen LogP contribution in [0.3, 0.4) is 0 Å². The fourth-order valence-corrected chi connectivity index (χ4v) is 4.97. The summed E-state index contributed by atoms with van der Waals surface area (Å²) in [4.78, 5) is 30.7. The number of nitrogens with zero attached hydrogens (tertiary/aromatic N) is 1. The molecule has 0 saturated carbocycles. The van der Waals surface area contributed by atoms with E-state index in [-0.39, 0.29) is 23.1 Å². The normalized spacial score (nSPS) is 20.1. The van der Waals surface area contributed by atoms with E-state index < -0.39 is 0 Å². The maximum atomic E-state index is 13.3. The highest BCUT2D eigenvalue weighted by Crippen LogP contribution is 2.39. The fourth-order valence-electron chi connectivity index (χ4n) is 4.13. The van der Waals surface area contributed by atoms with Crippen molar-refractivity contribution in [2.24, 2.45) is 0 Å². The van der Waals surface area contributed by atoms with Crippen LogP contribution in [0, 0.1) is 0 Å². The maximum Gasteiger partial charge on any atom is 0.291 e. The Hall–Kier alpha value is -2.48. The van der Waals surface area contributed by atoms with Gasteiger partial charge >= 0.3 is 0 Å². The Labute approximate surface area is 165 Å². The number of hydrogen-bond acceptors (Lipinski definition) is 5. The van der Waals surface area contributed by atoms with Crippen LogP contribution in [0.15, 0.2) is 51.0 Å². The highest BCUT2D eigenvalue weighted by molar-refractivity contribution is 7.10. The van der Waals surface area contributed by atoms with Crippen molar-refractivity contribution in [2.75, 3.05) is 39.4 Å². The van der Waals surface area contributed by atoms with Gasteiger partial charge in [0.1, 0.15) is 18.7 Å². The molecule has 28 heavy (non-hydrogen) atoms. The summed E-state index contributed by atoms with van der Waals surface area (Å²) >= 11 is 1.56. The number of benzene rings is 1. The van der Waals surface area contributed by atoms with E-state index in [2.05, 4.69) is 0 Å². The van der Waals surface area contributed by atoms with Crippen molar-refractivity contribution >= 4 is 28.2 Å². The summed E-state index contributed by atoms with van der Waals surface area (Å²) < 4.78 is 11.4. The van der Waals surface area contributed by atoms with Crippen LogP contribution < -0.4 is 10.3 Å². The van der Waals surface area contributed by atoms with E-state index in [4.69, 9.17) is 9.15 Å². The Kier molecular flexibility index (Phi) is 4.50. The number of hydrogen-bond donors (Lipinski definition) is 1. The average molecular weight is 397 g/mol. The predicted molar refractivity (Wildman–Crippen MR) is 106 cm³/mol. The lowest BCUT2D eigenvalue weighted by Gasteiger charge is -2.28. The van der Waals surface area contributed by atoms with Gasteiger partial charge in [-0.05, 0) is 23.6 Å². The van der Waals surface area contributed by atoms with Crippen LogP contribution >= 0.6 is 11.3 Å². The molecule has 2 aliphatic rings. The van der Waals surface area contributed by atoms with Gasteiger partial charge in [-0.2, -0.15) is 0 Å². The lowest BCUT2D eigenvalue weighted by atomic mass is 10.0. The molecule has 2 aromatic heterocycles. The van der Waals surface area contributed by atoms with Crippen molar-refractivity contribution < 1.29 is 18.8 Å². The van der Waals surface area contributed by atoms with Crippen LogP contribution in [0.25, 0.3) is 11.0 Å². The number of morpholine rings is 1. The molecule has 0 aliphatic carbocycles. The molecule has 6 nitrogen and oxygen atoms in total. The first-order valence-electron chi connectivity index (χ1n) is 9.55. The number of para-hydroxylation sites is 1. The molecule has 1 amide bonds. The summed E-state index contributed by atoms with van der Waals surface area (Å²) in [6.07, 6.45) is 0. The van der Waals surface area contributed by atoms with Crippen molar-refractivity contribution in [3.05, 3.63) is 68.2 Å². The lowest BCUT2D eigenvalue weighted by molar-refractivity contribution is -0.907. The molecule has 1 atom stereocenters. The molecule has 1 N–H and O–H groups in total. The summed E-state index contributed by atoms with van der Waals surface area (Å²) in [6, 6.07) is 10.7. The second-order valence-corrected chi connectivity index (χ2v) is 8.18. The van der Waals surface area contributed by atoms with Crippen molar-refractivity contribution in [1.82, 2.24) is 4.90 Å². The SMILES string of the molecule is O=C1c2oc3ccccc3c(=O)c2[C@H](c2cccs2)N1CC[NH+]1CCOCC1. The van der Waals surface area contributed by atoms with E-state index in [0.717, 1.165) is 37.7 Å². The third-order valence-electron chi connectivity index (χ3n) is 5.59. The van der Waals surface area contributed by atoms with E-state index in [9.17, 15) is 9.59 Å². The molecule has 0 unspecified atom stereocenters. The van der Waals surface area contributed by atoms with Crippen LogP contribution in [0.4, 0.5) is 0 Å². The highest BCUT2D eigenvalue weighted by Gasteiger charge is 2.43. The van der Waals surface area contributed by atoms with Gasteiger partial charge < -0.3 is 19.0 Å². The summed E-state index contributed by atoms with van der Waals surface area (Å²) in [5.41, 5.74) is 0.832. The Morgan fingerprint density at radius 1 is 1.11 bits per heavy atom. The quantitative estimate of drug-likeness (QED) is 0.721. The average Bonchev–Trinajstić information content (AvgIpc) is 3.35. The highest BCUT2D eigenvalue weighted by atomic mass is 32.1. The summed E-state index contributed by atoms with van der Waals surface area (Å²) in [5, 5.41) is 2.50. The molecule has 1 fully saturated rings. The molecule has 1 aromatic carbocycles. The zero-order valence-electron chi connectivity index (χ0n) is 15.3. The molecular formula is C21H21N2O4S+. The number of carbonyl (C=O) groups is 1. The van der Waals surface area contributed by atoms with Crippen LogP contribution in [0.5, 0.6) is 0 Å². The van der Waals surface area contributed by atoms with E-state index in [1.54, 1.807) is 23.5 Å².